The fourth-order valence-electron chi connectivity index (χ4n) is 4.76. The van der Waals surface area contributed by atoms with Gasteiger partial charge in [0.1, 0.15) is 5.54 Å². The van der Waals surface area contributed by atoms with Crippen LogP contribution in [-0.2, 0) is 10.2 Å². The standard InChI is InChI=1S/C21H30N4O2/c1-23(2)14-12-20(10-11-20)16-5-7-17(8-6-16)24-15-21(18(22)26)9-3-4-13-25(21)19(24)27/h5-8H,3-4,9-15H2,1-2H3,(H2,22,26)/t21-/m1/s1. The number of benzene rings is 1. The zero-order valence-electron chi connectivity index (χ0n) is 16.4. The molecule has 0 spiro atoms. The number of nitrogens with zero attached hydrogens (tertiary/aromatic N) is 3. The maximum absolute atomic E-state index is 13.0. The monoisotopic (exact) mass is 370 g/mol. The van der Waals surface area contributed by atoms with Crippen molar-refractivity contribution in [3.05, 3.63) is 29.8 Å². The molecule has 1 aliphatic carbocycles. The highest BCUT2D eigenvalue weighted by molar-refractivity contribution is 6.02. The Bertz CT molecular complexity index is 741. The minimum absolute atomic E-state index is 0.0880. The number of rotatable bonds is 6. The molecular weight excluding hydrogens is 340 g/mol. The van der Waals surface area contributed by atoms with E-state index >= 15 is 0 Å². The van der Waals surface area contributed by atoms with Crippen LogP contribution in [0.4, 0.5) is 10.5 Å². The van der Waals surface area contributed by atoms with Gasteiger partial charge in [0, 0.05) is 12.2 Å². The highest BCUT2D eigenvalue weighted by Gasteiger charge is 2.55. The number of hydrogen-bond acceptors (Lipinski definition) is 3. The smallest absolute Gasteiger partial charge is 0.325 e. The second-order valence-corrected chi connectivity index (χ2v) is 8.75. The number of hydrogen-bond donors (Lipinski definition) is 1. The van der Waals surface area contributed by atoms with Crippen LogP contribution in [0.2, 0.25) is 0 Å². The van der Waals surface area contributed by atoms with Crippen molar-refractivity contribution in [3.63, 3.8) is 0 Å². The fraction of sp³-hybridized carbons (Fsp3) is 0.619. The molecule has 3 amide bonds. The topological polar surface area (TPSA) is 69.9 Å². The van der Waals surface area contributed by atoms with Gasteiger partial charge in [-0.2, -0.15) is 0 Å². The molecule has 2 heterocycles. The van der Waals surface area contributed by atoms with Crippen LogP contribution < -0.4 is 10.6 Å². The molecule has 6 heteroatoms. The Kier molecular flexibility index (Phi) is 4.41. The number of urea groups is 1. The summed E-state index contributed by atoms with van der Waals surface area (Å²) in [5.41, 5.74) is 7.43. The Balaban J connectivity index is 1.54. The van der Waals surface area contributed by atoms with E-state index in [2.05, 4.69) is 31.1 Å². The average molecular weight is 370 g/mol. The largest absolute Gasteiger partial charge is 0.368 e. The summed E-state index contributed by atoms with van der Waals surface area (Å²) < 4.78 is 0. The van der Waals surface area contributed by atoms with Gasteiger partial charge in [-0.1, -0.05) is 12.1 Å². The van der Waals surface area contributed by atoms with Crippen LogP contribution in [0.5, 0.6) is 0 Å². The summed E-state index contributed by atoms with van der Waals surface area (Å²) in [7, 11) is 4.23. The minimum atomic E-state index is -0.836. The Morgan fingerprint density at radius 3 is 2.41 bits per heavy atom. The first-order valence-corrected chi connectivity index (χ1v) is 10.0. The molecule has 3 fully saturated rings. The zero-order valence-corrected chi connectivity index (χ0v) is 16.4. The van der Waals surface area contributed by atoms with Gasteiger partial charge in [-0.15, -0.1) is 0 Å². The predicted octanol–water partition coefficient (Wildman–Crippen LogP) is 2.32. The van der Waals surface area contributed by atoms with Gasteiger partial charge in [0.25, 0.3) is 0 Å². The lowest BCUT2D eigenvalue weighted by Gasteiger charge is -2.37. The third kappa shape index (κ3) is 3.00. The van der Waals surface area contributed by atoms with Crippen LogP contribution in [0.25, 0.3) is 0 Å². The van der Waals surface area contributed by atoms with Crippen LogP contribution in [0, 0.1) is 0 Å². The molecule has 1 atom stereocenters. The van der Waals surface area contributed by atoms with Crippen molar-refractivity contribution in [2.45, 2.75) is 49.5 Å². The maximum atomic E-state index is 13.0. The van der Waals surface area contributed by atoms with Crippen molar-refractivity contribution in [2.24, 2.45) is 5.73 Å². The number of fused-ring (bicyclic) bond motifs is 1. The van der Waals surface area contributed by atoms with Crippen LogP contribution >= 0.6 is 0 Å². The molecule has 0 radical (unpaired) electrons. The number of nitrogens with two attached hydrogens (primary N) is 1. The van der Waals surface area contributed by atoms with Crippen molar-refractivity contribution < 1.29 is 9.59 Å². The number of amides is 3. The molecule has 0 bridgehead atoms. The van der Waals surface area contributed by atoms with Gasteiger partial charge in [0.2, 0.25) is 5.91 Å². The van der Waals surface area contributed by atoms with Crippen LogP contribution in [0.1, 0.15) is 44.1 Å². The Morgan fingerprint density at radius 2 is 1.85 bits per heavy atom. The lowest BCUT2D eigenvalue weighted by Crippen LogP contribution is -2.58. The highest BCUT2D eigenvalue weighted by Crippen LogP contribution is 2.51. The van der Waals surface area contributed by atoms with E-state index in [1.54, 1.807) is 9.80 Å². The molecule has 0 aromatic heterocycles. The van der Waals surface area contributed by atoms with Crippen LogP contribution in [0.3, 0.4) is 0 Å². The van der Waals surface area contributed by atoms with Crippen LogP contribution in [0.15, 0.2) is 24.3 Å². The molecule has 0 unspecified atom stereocenters. The molecule has 3 aliphatic rings. The van der Waals surface area contributed by atoms with Crippen molar-refractivity contribution >= 4 is 17.6 Å². The Hall–Kier alpha value is -2.08. The summed E-state index contributed by atoms with van der Waals surface area (Å²) >= 11 is 0. The first-order valence-electron chi connectivity index (χ1n) is 10.0. The molecule has 6 nitrogen and oxygen atoms in total. The number of piperidine rings is 1. The first-order chi connectivity index (χ1) is 12.9. The summed E-state index contributed by atoms with van der Waals surface area (Å²) in [5, 5.41) is 0. The summed E-state index contributed by atoms with van der Waals surface area (Å²) in [6.45, 7) is 2.07. The normalized spacial score (nSPS) is 26.4. The Labute approximate surface area is 161 Å². The molecule has 4 rings (SSSR count). The second-order valence-electron chi connectivity index (χ2n) is 8.75. The van der Waals surface area contributed by atoms with Gasteiger partial charge in [-0.25, -0.2) is 4.79 Å². The maximum Gasteiger partial charge on any atom is 0.325 e. The number of primary amides is 1. The first kappa shape index (κ1) is 18.3. The third-order valence-electron chi connectivity index (χ3n) is 6.76. The van der Waals surface area contributed by atoms with E-state index in [0.717, 1.165) is 25.1 Å². The quantitative estimate of drug-likeness (QED) is 0.835. The van der Waals surface area contributed by atoms with Crippen molar-refractivity contribution in [3.8, 4) is 0 Å². The molecule has 2 aliphatic heterocycles. The summed E-state index contributed by atoms with van der Waals surface area (Å²) in [6.07, 6.45) is 6.18. The molecule has 2 N–H and O–H groups in total. The molecule has 1 aromatic rings. The van der Waals surface area contributed by atoms with E-state index in [-0.39, 0.29) is 11.9 Å². The van der Waals surface area contributed by atoms with E-state index in [9.17, 15) is 9.59 Å². The van der Waals surface area contributed by atoms with E-state index in [0.29, 0.717) is 24.9 Å². The average Bonchev–Trinajstić information content (AvgIpc) is 3.39. The fourth-order valence-corrected chi connectivity index (χ4v) is 4.76. The minimum Gasteiger partial charge on any atom is -0.368 e. The second kappa shape index (κ2) is 6.51. The molecule has 1 saturated carbocycles. The van der Waals surface area contributed by atoms with Gasteiger partial charge >= 0.3 is 6.03 Å². The van der Waals surface area contributed by atoms with Crippen molar-refractivity contribution in [2.75, 3.05) is 38.6 Å². The number of carbonyl (C=O) groups excluding carboxylic acids is 2. The molecular formula is C21H30N4O2. The third-order valence-corrected chi connectivity index (χ3v) is 6.76. The van der Waals surface area contributed by atoms with E-state index < -0.39 is 5.54 Å². The van der Waals surface area contributed by atoms with Crippen molar-refractivity contribution in [1.29, 1.82) is 0 Å². The van der Waals surface area contributed by atoms with E-state index in [4.69, 9.17) is 5.73 Å². The van der Waals surface area contributed by atoms with E-state index in [1.807, 2.05) is 12.1 Å². The van der Waals surface area contributed by atoms with Gasteiger partial charge in [0.05, 0.1) is 6.54 Å². The lowest BCUT2D eigenvalue weighted by molar-refractivity contribution is -0.128. The summed E-state index contributed by atoms with van der Waals surface area (Å²) in [4.78, 5) is 30.8. The molecule has 1 aromatic carbocycles. The van der Waals surface area contributed by atoms with Gasteiger partial charge < -0.3 is 15.5 Å². The van der Waals surface area contributed by atoms with Crippen molar-refractivity contribution in [1.82, 2.24) is 9.80 Å². The predicted molar refractivity (Wildman–Crippen MR) is 106 cm³/mol. The number of anilines is 1. The number of carbonyl (C=O) groups is 2. The molecule has 146 valence electrons. The van der Waals surface area contributed by atoms with Crippen LogP contribution in [-0.4, -0.2) is 61.0 Å². The lowest BCUT2D eigenvalue weighted by atomic mass is 9.87. The van der Waals surface area contributed by atoms with Gasteiger partial charge in [0.15, 0.2) is 0 Å². The van der Waals surface area contributed by atoms with Gasteiger partial charge in [-0.3, -0.25) is 9.69 Å². The molecule has 27 heavy (non-hydrogen) atoms. The highest BCUT2D eigenvalue weighted by atomic mass is 16.2. The van der Waals surface area contributed by atoms with E-state index in [1.165, 1.54) is 24.8 Å². The van der Waals surface area contributed by atoms with Gasteiger partial charge in [-0.05, 0) is 82.3 Å². The SMILES string of the molecule is CN(C)CCC1(c2ccc(N3C[C@@]4(C(N)=O)CCCCN4C3=O)cc2)CC1. The summed E-state index contributed by atoms with van der Waals surface area (Å²) in [6, 6.07) is 8.32. The zero-order chi connectivity index (χ0) is 19.2. The Morgan fingerprint density at radius 1 is 1.15 bits per heavy atom. The summed E-state index contributed by atoms with van der Waals surface area (Å²) in [5.74, 6) is -0.379. The molecule has 2 saturated heterocycles.